The van der Waals surface area contributed by atoms with Crippen LogP contribution in [0, 0.1) is 23.2 Å². The molecule has 0 aromatic heterocycles. The van der Waals surface area contributed by atoms with Crippen molar-refractivity contribution in [2.75, 3.05) is 26.2 Å². The van der Waals surface area contributed by atoms with Crippen LogP contribution in [0.1, 0.15) is 33.6 Å². The van der Waals surface area contributed by atoms with Crippen LogP contribution in [-0.4, -0.2) is 37.1 Å². The lowest BCUT2D eigenvalue weighted by atomic mass is 10.1. The molecule has 1 aliphatic rings. The van der Waals surface area contributed by atoms with Gasteiger partial charge in [-0.05, 0) is 31.3 Å². The molecule has 0 bridgehead atoms. The Morgan fingerprint density at radius 3 is 2.81 bits per heavy atom. The van der Waals surface area contributed by atoms with Crippen molar-refractivity contribution in [2.24, 2.45) is 11.8 Å². The van der Waals surface area contributed by atoms with Crippen molar-refractivity contribution in [2.45, 2.75) is 39.7 Å². The summed E-state index contributed by atoms with van der Waals surface area (Å²) >= 11 is 0. The van der Waals surface area contributed by atoms with E-state index in [9.17, 15) is 0 Å². The molecule has 0 amide bonds. The Morgan fingerprint density at radius 1 is 1.44 bits per heavy atom. The molecule has 2 unspecified atom stereocenters. The van der Waals surface area contributed by atoms with Crippen LogP contribution >= 0.6 is 0 Å². The first-order chi connectivity index (χ1) is 7.61. The molecule has 0 aromatic carbocycles. The zero-order valence-corrected chi connectivity index (χ0v) is 10.9. The monoisotopic (exact) mass is 223 g/mol. The van der Waals surface area contributed by atoms with Gasteiger partial charge in [0.2, 0.25) is 0 Å². The van der Waals surface area contributed by atoms with E-state index in [4.69, 9.17) is 5.26 Å². The molecule has 16 heavy (non-hydrogen) atoms. The van der Waals surface area contributed by atoms with Crippen molar-refractivity contribution in [3.63, 3.8) is 0 Å². The van der Waals surface area contributed by atoms with Crippen LogP contribution in [-0.2, 0) is 0 Å². The van der Waals surface area contributed by atoms with Gasteiger partial charge in [-0.2, -0.15) is 5.26 Å². The number of hydrogen-bond acceptors (Lipinski definition) is 3. The zero-order valence-electron chi connectivity index (χ0n) is 10.9. The van der Waals surface area contributed by atoms with E-state index in [-0.39, 0.29) is 0 Å². The van der Waals surface area contributed by atoms with Crippen molar-refractivity contribution in [1.82, 2.24) is 10.2 Å². The highest BCUT2D eigenvalue weighted by Crippen LogP contribution is 2.10. The second kappa shape index (κ2) is 6.88. The van der Waals surface area contributed by atoms with Gasteiger partial charge in [0.15, 0.2) is 0 Å². The Balaban J connectivity index is 2.43. The molecule has 2 atom stereocenters. The van der Waals surface area contributed by atoms with E-state index in [1.807, 2.05) is 0 Å². The standard InChI is InChI=1S/C13H25N3/c1-11(2)5-7-16-9-12(3)8-15-13(10-16)4-6-14/h11-13,15H,4-5,7-10H2,1-3H3. The van der Waals surface area contributed by atoms with Gasteiger partial charge in [0.25, 0.3) is 0 Å². The minimum absolute atomic E-state index is 0.363. The van der Waals surface area contributed by atoms with Crippen molar-refractivity contribution in [3.8, 4) is 6.07 Å². The van der Waals surface area contributed by atoms with Crippen molar-refractivity contribution < 1.29 is 0 Å². The van der Waals surface area contributed by atoms with Gasteiger partial charge in [-0.1, -0.05) is 20.8 Å². The maximum absolute atomic E-state index is 8.77. The molecule has 0 aromatic rings. The Hall–Kier alpha value is -0.590. The summed E-state index contributed by atoms with van der Waals surface area (Å²) in [6.07, 6.45) is 1.89. The lowest BCUT2D eigenvalue weighted by Gasteiger charge is -2.24. The van der Waals surface area contributed by atoms with E-state index in [2.05, 4.69) is 37.1 Å². The molecule has 1 rings (SSSR count). The molecule has 3 heteroatoms. The third-order valence-corrected chi connectivity index (χ3v) is 3.16. The second-order valence-corrected chi connectivity index (χ2v) is 5.51. The van der Waals surface area contributed by atoms with Crippen LogP contribution < -0.4 is 5.32 Å². The van der Waals surface area contributed by atoms with Crippen LogP contribution in [0.3, 0.4) is 0 Å². The second-order valence-electron chi connectivity index (χ2n) is 5.51. The minimum atomic E-state index is 0.363. The first kappa shape index (κ1) is 13.5. The minimum Gasteiger partial charge on any atom is -0.311 e. The average Bonchev–Trinajstić information content (AvgIpc) is 2.38. The van der Waals surface area contributed by atoms with Crippen LogP contribution in [0.5, 0.6) is 0 Å². The molecule has 1 N–H and O–H groups in total. The van der Waals surface area contributed by atoms with E-state index in [0.717, 1.165) is 19.0 Å². The molecule has 1 heterocycles. The topological polar surface area (TPSA) is 39.1 Å². The lowest BCUT2D eigenvalue weighted by molar-refractivity contribution is 0.235. The van der Waals surface area contributed by atoms with E-state index in [0.29, 0.717) is 18.4 Å². The summed E-state index contributed by atoms with van der Waals surface area (Å²) in [5, 5.41) is 12.3. The molecule has 0 radical (unpaired) electrons. The normalized spacial score (nSPS) is 27.7. The number of rotatable bonds is 4. The van der Waals surface area contributed by atoms with Crippen molar-refractivity contribution in [3.05, 3.63) is 0 Å². The van der Waals surface area contributed by atoms with Gasteiger partial charge >= 0.3 is 0 Å². The van der Waals surface area contributed by atoms with E-state index < -0.39 is 0 Å². The third kappa shape index (κ3) is 4.96. The number of hydrogen-bond donors (Lipinski definition) is 1. The average molecular weight is 223 g/mol. The van der Waals surface area contributed by atoms with Gasteiger partial charge in [-0.15, -0.1) is 0 Å². The van der Waals surface area contributed by atoms with Crippen LogP contribution in [0.2, 0.25) is 0 Å². The van der Waals surface area contributed by atoms with Gasteiger partial charge in [-0.3, -0.25) is 0 Å². The zero-order chi connectivity index (χ0) is 12.0. The maximum atomic E-state index is 8.77. The van der Waals surface area contributed by atoms with Gasteiger partial charge in [0.05, 0.1) is 12.5 Å². The first-order valence-electron chi connectivity index (χ1n) is 6.44. The molecule has 92 valence electrons. The summed E-state index contributed by atoms with van der Waals surface area (Å²) in [6, 6.07) is 2.64. The van der Waals surface area contributed by atoms with Crippen LogP contribution in [0.15, 0.2) is 0 Å². The van der Waals surface area contributed by atoms with Crippen LogP contribution in [0.4, 0.5) is 0 Å². The number of nitrogens with zero attached hydrogens (tertiary/aromatic N) is 2. The molecule has 3 nitrogen and oxygen atoms in total. The van der Waals surface area contributed by atoms with Crippen molar-refractivity contribution in [1.29, 1.82) is 5.26 Å². The molecular weight excluding hydrogens is 198 g/mol. The number of nitrogens with one attached hydrogen (secondary N) is 1. The maximum Gasteiger partial charge on any atom is 0.0638 e. The molecule has 1 fully saturated rings. The smallest absolute Gasteiger partial charge is 0.0638 e. The largest absolute Gasteiger partial charge is 0.311 e. The summed E-state index contributed by atoms with van der Waals surface area (Å²) in [6.45, 7) is 11.2. The predicted octanol–water partition coefficient (Wildman–Crippen LogP) is 1.86. The Morgan fingerprint density at radius 2 is 2.19 bits per heavy atom. The highest BCUT2D eigenvalue weighted by molar-refractivity contribution is 4.86. The summed E-state index contributed by atoms with van der Waals surface area (Å²) in [7, 11) is 0. The highest BCUT2D eigenvalue weighted by Gasteiger charge is 2.20. The molecular formula is C13H25N3. The predicted molar refractivity (Wildman–Crippen MR) is 67.1 cm³/mol. The van der Waals surface area contributed by atoms with Crippen LogP contribution in [0.25, 0.3) is 0 Å². The summed E-state index contributed by atoms with van der Waals surface area (Å²) < 4.78 is 0. The van der Waals surface area contributed by atoms with Gasteiger partial charge in [0, 0.05) is 19.1 Å². The first-order valence-corrected chi connectivity index (χ1v) is 6.44. The Labute approximate surface area is 99.8 Å². The Kier molecular flexibility index (Phi) is 5.79. The van der Waals surface area contributed by atoms with Gasteiger partial charge in [-0.25, -0.2) is 0 Å². The summed E-state index contributed by atoms with van der Waals surface area (Å²) in [4.78, 5) is 2.52. The fourth-order valence-electron chi connectivity index (χ4n) is 2.19. The van der Waals surface area contributed by atoms with Crippen molar-refractivity contribution >= 4 is 0 Å². The Bertz CT molecular complexity index is 232. The molecule has 1 aliphatic heterocycles. The SMILES string of the molecule is CC(C)CCN1CC(C)CNC(CC#N)C1. The molecule has 0 saturated carbocycles. The lowest BCUT2D eigenvalue weighted by Crippen LogP contribution is -2.38. The number of nitriles is 1. The molecule has 0 aliphatic carbocycles. The quantitative estimate of drug-likeness (QED) is 0.790. The molecule has 1 saturated heterocycles. The third-order valence-electron chi connectivity index (χ3n) is 3.16. The van der Waals surface area contributed by atoms with E-state index >= 15 is 0 Å². The van der Waals surface area contributed by atoms with Gasteiger partial charge in [0.1, 0.15) is 0 Å². The fourth-order valence-corrected chi connectivity index (χ4v) is 2.19. The van der Waals surface area contributed by atoms with E-state index in [1.165, 1.54) is 19.5 Å². The fraction of sp³-hybridized carbons (Fsp3) is 0.923. The van der Waals surface area contributed by atoms with Gasteiger partial charge < -0.3 is 10.2 Å². The highest BCUT2D eigenvalue weighted by atomic mass is 15.2. The molecule has 0 spiro atoms. The summed E-state index contributed by atoms with van der Waals surface area (Å²) in [5.41, 5.74) is 0. The summed E-state index contributed by atoms with van der Waals surface area (Å²) in [5.74, 6) is 1.46. The van der Waals surface area contributed by atoms with E-state index in [1.54, 1.807) is 0 Å².